The van der Waals surface area contributed by atoms with E-state index >= 15 is 0 Å². The highest BCUT2D eigenvalue weighted by molar-refractivity contribution is 5.99. The minimum Gasteiger partial charge on any atom is -0.329 e. The molecule has 4 atom stereocenters. The standard InChI is InChI=1S/C19H32N4O3/c1-11(2)9-13(20)18(25)22-8-7-14-17(22)15(24)10-23(14)19(26)16(21)12-5-3-4-6-12/h11-14,16-17H,3-10,20-21H2,1-2H3. The number of hydrogen-bond donors (Lipinski definition) is 2. The Hall–Kier alpha value is -1.47. The number of nitrogens with zero attached hydrogens (tertiary/aromatic N) is 2. The van der Waals surface area contributed by atoms with E-state index in [1.54, 1.807) is 9.80 Å². The van der Waals surface area contributed by atoms with Gasteiger partial charge in [-0.2, -0.15) is 0 Å². The Balaban J connectivity index is 1.68. The summed E-state index contributed by atoms with van der Waals surface area (Å²) in [6.07, 6.45) is 5.42. The fraction of sp³-hybridized carbons (Fsp3) is 0.842. The molecule has 3 aliphatic rings. The summed E-state index contributed by atoms with van der Waals surface area (Å²) in [5, 5.41) is 0. The van der Waals surface area contributed by atoms with E-state index < -0.39 is 18.1 Å². The van der Waals surface area contributed by atoms with Crippen LogP contribution in [-0.2, 0) is 14.4 Å². The highest BCUT2D eigenvalue weighted by Crippen LogP contribution is 2.33. The third kappa shape index (κ3) is 3.51. The highest BCUT2D eigenvalue weighted by atomic mass is 16.2. The Bertz CT molecular complexity index is 573. The van der Waals surface area contributed by atoms with Gasteiger partial charge in [-0.25, -0.2) is 0 Å². The lowest BCUT2D eigenvalue weighted by atomic mass is 9.97. The third-order valence-electron chi connectivity index (χ3n) is 6.22. The van der Waals surface area contributed by atoms with Crippen LogP contribution in [0.3, 0.4) is 0 Å². The zero-order valence-electron chi connectivity index (χ0n) is 15.9. The summed E-state index contributed by atoms with van der Waals surface area (Å²) < 4.78 is 0. The molecule has 7 nitrogen and oxygen atoms in total. The average Bonchev–Trinajstić information content (AvgIpc) is 3.30. The molecule has 3 rings (SSSR count). The van der Waals surface area contributed by atoms with Gasteiger partial charge in [0.05, 0.1) is 24.7 Å². The van der Waals surface area contributed by atoms with Crippen LogP contribution in [0.15, 0.2) is 0 Å². The lowest BCUT2D eigenvalue weighted by Gasteiger charge is -2.29. The van der Waals surface area contributed by atoms with Crippen LogP contribution < -0.4 is 11.5 Å². The summed E-state index contributed by atoms with van der Waals surface area (Å²) in [6.45, 7) is 4.59. The van der Waals surface area contributed by atoms with Crippen LogP contribution in [0.4, 0.5) is 0 Å². The van der Waals surface area contributed by atoms with Gasteiger partial charge in [0.2, 0.25) is 11.8 Å². The van der Waals surface area contributed by atoms with Crippen molar-refractivity contribution in [2.75, 3.05) is 13.1 Å². The molecule has 2 amide bonds. The summed E-state index contributed by atoms with van der Waals surface area (Å²) in [6, 6.07) is -1.90. The summed E-state index contributed by atoms with van der Waals surface area (Å²) in [5.74, 6) is 0.168. The maximum atomic E-state index is 12.9. The maximum Gasteiger partial charge on any atom is 0.240 e. The van der Waals surface area contributed by atoms with Crippen molar-refractivity contribution in [2.24, 2.45) is 23.3 Å². The van der Waals surface area contributed by atoms with Crippen LogP contribution in [0.1, 0.15) is 52.4 Å². The van der Waals surface area contributed by atoms with Gasteiger partial charge in [-0.05, 0) is 37.5 Å². The summed E-state index contributed by atoms with van der Waals surface area (Å²) in [4.78, 5) is 41.5. The van der Waals surface area contributed by atoms with Gasteiger partial charge in [0.25, 0.3) is 0 Å². The molecule has 2 saturated heterocycles. The zero-order chi connectivity index (χ0) is 19.0. The quantitative estimate of drug-likeness (QED) is 0.727. The van der Waals surface area contributed by atoms with Gasteiger partial charge < -0.3 is 21.3 Å². The van der Waals surface area contributed by atoms with Crippen molar-refractivity contribution in [3.8, 4) is 0 Å². The molecule has 4 N–H and O–H groups in total. The number of rotatable bonds is 5. The second-order valence-electron chi connectivity index (χ2n) is 8.57. The summed E-state index contributed by atoms with van der Waals surface area (Å²) in [7, 11) is 0. The van der Waals surface area contributed by atoms with Gasteiger partial charge in [-0.1, -0.05) is 26.7 Å². The van der Waals surface area contributed by atoms with E-state index in [2.05, 4.69) is 0 Å². The fourth-order valence-electron chi connectivity index (χ4n) is 4.89. The number of carbonyl (C=O) groups is 3. The predicted octanol–water partition coefficient (Wildman–Crippen LogP) is 0.258. The Morgan fingerprint density at radius 1 is 1.08 bits per heavy atom. The first-order chi connectivity index (χ1) is 12.3. The molecule has 0 bridgehead atoms. The molecule has 0 aromatic carbocycles. The number of hydrogen-bond acceptors (Lipinski definition) is 5. The molecule has 0 aromatic heterocycles. The summed E-state index contributed by atoms with van der Waals surface area (Å²) >= 11 is 0. The first kappa shape index (κ1) is 19.3. The topological polar surface area (TPSA) is 110 Å². The van der Waals surface area contributed by atoms with Crippen LogP contribution in [0.25, 0.3) is 0 Å². The van der Waals surface area contributed by atoms with Crippen molar-refractivity contribution in [3.05, 3.63) is 0 Å². The van der Waals surface area contributed by atoms with E-state index in [-0.39, 0.29) is 36.1 Å². The van der Waals surface area contributed by atoms with Crippen molar-refractivity contribution in [1.29, 1.82) is 0 Å². The molecule has 0 radical (unpaired) electrons. The number of amides is 2. The van der Waals surface area contributed by atoms with Gasteiger partial charge in [0, 0.05) is 6.54 Å². The second kappa shape index (κ2) is 7.64. The number of nitrogens with two attached hydrogens (primary N) is 2. The number of carbonyl (C=O) groups excluding carboxylic acids is 3. The number of Topliss-reactive ketones (excluding diaryl/α,β-unsaturated/α-hetero) is 1. The van der Waals surface area contributed by atoms with Gasteiger partial charge in [0.1, 0.15) is 6.04 Å². The molecular formula is C19H32N4O3. The van der Waals surface area contributed by atoms with Crippen LogP contribution in [0.5, 0.6) is 0 Å². The third-order valence-corrected chi connectivity index (χ3v) is 6.22. The molecule has 2 aliphatic heterocycles. The van der Waals surface area contributed by atoms with E-state index in [1.807, 2.05) is 13.8 Å². The van der Waals surface area contributed by atoms with Crippen molar-refractivity contribution in [1.82, 2.24) is 9.80 Å². The van der Waals surface area contributed by atoms with Crippen molar-refractivity contribution in [3.63, 3.8) is 0 Å². The molecule has 7 heteroatoms. The molecule has 0 spiro atoms. The number of fused-ring (bicyclic) bond motifs is 1. The zero-order valence-corrected chi connectivity index (χ0v) is 15.9. The molecule has 1 aliphatic carbocycles. The molecule has 0 aromatic rings. The molecule has 4 unspecified atom stereocenters. The van der Waals surface area contributed by atoms with Crippen molar-refractivity contribution < 1.29 is 14.4 Å². The first-order valence-corrected chi connectivity index (χ1v) is 9.96. The van der Waals surface area contributed by atoms with Crippen LogP contribution in [-0.4, -0.2) is 64.7 Å². The van der Waals surface area contributed by atoms with Crippen molar-refractivity contribution >= 4 is 17.6 Å². The molecule has 2 heterocycles. The van der Waals surface area contributed by atoms with Crippen LogP contribution >= 0.6 is 0 Å². The Morgan fingerprint density at radius 3 is 2.35 bits per heavy atom. The molecule has 26 heavy (non-hydrogen) atoms. The molecule has 3 fully saturated rings. The predicted molar refractivity (Wildman–Crippen MR) is 98.0 cm³/mol. The smallest absolute Gasteiger partial charge is 0.240 e. The van der Waals surface area contributed by atoms with E-state index in [9.17, 15) is 14.4 Å². The minimum absolute atomic E-state index is 0.0652. The Labute approximate surface area is 155 Å². The minimum atomic E-state index is -0.591. The molecule has 1 saturated carbocycles. The maximum absolute atomic E-state index is 12.9. The fourth-order valence-corrected chi connectivity index (χ4v) is 4.89. The Morgan fingerprint density at radius 2 is 1.73 bits per heavy atom. The second-order valence-corrected chi connectivity index (χ2v) is 8.57. The van der Waals surface area contributed by atoms with Crippen LogP contribution in [0.2, 0.25) is 0 Å². The van der Waals surface area contributed by atoms with E-state index in [0.717, 1.165) is 25.7 Å². The highest BCUT2D eigenvalue weighted by Gasteiger charge is 2.52. The van der Waals surface area contributed by atoms with Crippen LogP contribution in [0, 0.1) is 11.8 Å². The lowest BCUT2D eigenvalue weighted by Crippen LogP contribution is -2.51. The largest absolute Gasteiger partial charge is 0.329 e. The van der Waals surface area contributed by atoms with E-state index in [1.165, 1.54) is 0 Å². The normalized spacial score (nSPS) is 28.7. The lowest BCUT2D eigenvalue weighted by molar-refractivity contribution is -0.137. The average molecular weight is 364 g/mol. The number of likely N-dealkylation sites (tertiary alicyclic amines) is 2. The van der Waals surface area contributed by atoms with E-state index in [4.69, 9.17) is 11.5 Å². The molecular weight excluding hydrogens is 332 g/mol. The molecule has 146 valence electrons. The van der Waals surface area contributed by atoms with E-state index in [0.29, 0.717) is 25.3 Å². The Kier molecular flexibility index (Phi) is 5.67. The van der Waals surface area contributed by atoms with Gasteiger partial charge >= 0.3 is 0 Å². The van der Waals surface area contributed by atoms with Crippen molar-refractivity contribution in [2.45, 2.75) is 76.5 Å². The SMILES string of the molecule is CC(C)CC(N)C(=O)N1CCC2C1C(=O)CN2C(=O)C(N)C1CCCC1. The van der Waals surface area contributed by atoms with Gasteiger partial charge in [0.15, 0.2) is 5.78 Å². The van der Waals surface area contributed by atoms with Gasteiger partial charge in [-0.15, -0.1) is 0 Å². The number of ketones is 1. The monoisotopic (exact) mass is 364 g/mol. The van der Waals surface area contributed by atoms with Gasteiger partial charge in [-0.3, -0.25) is 14.4 Å². The first-order valence-electron chi connectivity index (χ1n) is 9.96. The summed E-state index contributed by atoms with van der Waals surface area (Å²) in [5.41, 5.74) is 12.3.